The van der Waals surface area contributed by atoms with E-state index in [4.69, 9.17) is 0 Å². The molecule has 1 fully saturated rings. The fourth-order valence-electron chi connectivity index (χ4n) is 2.26. The summed E-state index contributed by atoms with van der Waals surface area (Å²) in [5.41, 5.74) is 1.25. The number of carbonyl (C=O) groups excluding carboxylic acids is 1. The van der Waals surface area contributed by atoms with Crippen LogP contribution in [-0.2, 0) is 4.79 Å². The van der Waals surface area contributed by atoms with Gasteiger partial charge in [0.1, 0.15) is 0 Å². The number of aryl methyl sites for hydroxylation is 1. The first-order valence-electron chi connectivity index (χ1n) is 6.84. The first-order chi connectivity index (χ1) is 9.15. The summed E-state index contributed by atoms with van der Waals surface area (Å²) in [6.07, 6.45) is 1.03. The molecule has 20 heavy (non-hydrogen) atoms. The minimum atomic E-state index is 0. The molecule has 1 aromatic carbocycles. The van der Waals surface area contributed by atoms with E-state index in [1.807, 2.05) is 0 Å². The van der Waals surface area contributed by atoms with Crippen molar-refractivity contribution in [3.8, 4) is 0 Å². The predicted octanol–water partition coefficient (Wildman–Crippen LogP) is 2.62. The van der Waals surface area contributed by atoms with Crippen LogP contribution in [0, 0.1) is 12.8 Å². The largest absolute Gasteiger partial charge is 0.352 e. The van der Waals surface area contributed by atoms with Crippen LogP contribution in [0.15, 0.2) is 29.2 Å². The molecule has 1 aliphatic rings. The van der Waals surface area contributed by atoms with Crippen molar-refractivity contribution in [2.75, 3.05) is 18.8 Å². The summed E-state index contributed by atoms with van der Waals surface area (Å²) in [5, 5.41) is 6.49. The summed E-state index contributed by atoms with van der Waals surface area (Å²) in [4.78, 5) is 13.1. The van der Waals surface area contributed by atoms with Gasteiger partial charge in [0.2, 0.25) is 5.91 Å². The van der Waals surface area contributed by atoms with Gasteiger partial charge < -0.3 is 10.6 Å². The van der Waals surface area contributed by atoms with Gasteiger partial charge in [-0.1, -0.05) is 24.6 Å². The molecule has 2 rings (SSSR count). The number of halogens is 1. The summed E-state index contributed by atoms with van der Waals surface area (Å²) >= 11 is 1.60. The molecule has 2 atom stereocenters. The van der Waals surface area contributed by atoms with Gasteiger partial charge in [-0.3, -0.25) is 4.79 Å². The maximum absolute atomic E-state index is 11.9. The molecular formula is C15H23ClN2OS. The van der Waals surface area contributed by atoms with Crippen molar-refractivity contribution < 1.29 is 4.79 Å². The van der Waals surface area contributed by atoms with Gasteiger partial charge in [-0.2, -0.15) is 0 Å². The molecule has 0 bridgehead atoms. The molecule has 3 nitrogen and oxygen atoms in total. The zero-order valence-electron chi connectivity index (χ0n) is 12.0. The Balaban J connectivity index is 0.00000200. The van der Waals surface area contributed by atoms with E-state index in [0.29, 0.717) is 17.7 Å². The molecule has 0 aliphatic carbocycles. The molecular weight excluding hydrogens is 292 g/mol. The fourth-order valence-corrected chi connectivity index (χ4v) is 2.97. The molecule has 5 heteroatoms. The van der Waals surface area contributed by atoms with E-state index in [1.54, 1.807) is 11.8 Å². The second kappa shape index (κ2) is 8.55. The number of hydrogen-bond donors (Lipinski definition) is 2. The molecule has 1 amide bonds. The molecule has 1 aliphatic heterocycles. The third kappa shape index (κ3) is 5.35. The number of benzene rings is 1. The van der Waals surface area contributed by atoms with Gasteiger partial charge in [0.05, 0.1) is 5.75 Å². The van der Waals surface area contributed by atoms with Crippen molar-refractivity contribution >= 4 is 30.1 Å². The van der Waals surface area contributed by atoms with E-state index in [9.17, 15) is 4.79 Å². The first-order valence-corrected chi connectivity index (χ1v) is 7.83. The van der Waals surface area contributed by atoms with Crippen LogP contribution in [-0.4, -0.2) is 30.8 Å². The molecule has 0 aromatic heterocycles. The van der Waals surface area contributed by atoms with Gasteiger partial charge in [0, 0.05) is 10.9 Å². The third-order valence-electron chi connectivity index (χ3n) is 3.52. The fraction of sp³-hybridized carbons (Fsp3) is 0.533. The highest BCUT2D eigenvalue weighted by Gasteiger charge is 2.22. The Kier molecular flexibility index (Phi) is 7.41. The van der Waals surface area contributed by atoms with Crippen molar-refractivity contribution in [3.63, 3.8) is 0 Å². The molecule has 0 spiro atoms. The quantitative estimate of drug-likeness (QED) is 0.839. The summed E-state index contributed by atoms with van der Waals surface area (Å²) in [6.45, 7) is 6.25. The third-order valence-corrected chi connectivity index (χ3v) is 4.53. The summed E-state index contributed by atoms with van der Waals surface area (Å²) in [7, 11) is 0. The Labute approximate surface area is 131 Å². The monoisotopic (exact) mass is 314 g/mol. The van der Waals surface area contributed by atoms with E-state index in [2.05, 4.69) is 48.7 Å². The number of nitrogens with one attached hydrogen (secondary N) is 2. The highest BCUT2D eigenvalue weighted by molar-refractivity contribution is 8.00. The van der Waals surface area contributed by atoms with Crippen LogP contribution in [0.4, 0.5) is 0 Å². The highest BCUT2D eigenvalue weighted by atomic mass is 35.5. The van der Waals surface area contributed by atoms with E-state index < -0.39 is 0 Å². The molecule has 0 radical (unpaired) electrons. The van der Waals surface area contributed by atoms with Gasteiger partial charge >= 0.3 is 0 Å². The van der Waals surface area contributed by atoms with Crippen molar-refractivity contribution in [2.24, 2.45) is 5.92 Å². The molecule has 1 aromatic rings. The van der Waals surface area contributed by atoms with Gasteiger partial charge in [-0.15, -0.1) is 24.2 Å². The van der Waals surface area contributed by atoms with Crippen LogP contribution >= 0.6 is 24.2 Å². The second-order valence-corrected chi connectivity index (χ2v) is 6.29. The summed E-state index contributed by atoms with van der Waals surface area (Å²) in [5.74, 6) is 1.16. The zero-order valence-corrected chi connectivity index (χ0v) is 13.7. The Morgan fingerprint density at radius 2 is 2.10 bits per heavy atom. The minimum Gasteiger partial charge on any atom is -0.352 e. The Bertz CT molecular complexity index is 424. The number of hydrogen-bond acceptors (Lipinski definition) is 3. The van der Waals surface area contributed by atoms with Gasteiger partial charge in [-0.05, 0) is 44.5 Å². The average Bonchev–Trinajstić information content (AvgIpc) is 2.41. The molecule has 2 N–H and O–H groups in total. The van der Waals surface area contributed by atoms with Crippen LogP contribution < -0.4 is 10.6 Å². The van der Waals surface area contributed by atoms with Crippen molar-refractivity contribution in [2.45, 2.75) is 31.2 Å². The average molecular weight is 315 g/mol. The minimum absolute atomic E-state index is 0. The maximum Gasteiger partial charge on any atom is 0.230 e. The molecule has 1 saturated heterocycles. The summed E-state index contributed by atoms with van der Waals surface area (Å²) in [6, 6.07) is 8.62. The lowest BCUT2D eigenvalue weighted by Crippen LogP contribution is -2.48. The SMILES string of the molecule is Cc1ccc(SCC(=O)NC2CCNCC2C)cc1.Cl. The van der Waals surface area contributed by atoms with Crippen LogP contribution in [0.3, 0.4) is 0 Å². The zero-order chi connectivity index (χ0) is 13.7. The van der Waals surface area contributed by atoms with Crippen LogP contribution in [0.25, 0.3) is 0 Å². The van der Waals surface area contributed by atoms with Crippen molar-refractivity contribution in [3.05, 3.63) is 29.8 Å². The lowest BCUT2D eigenvalue weighted by atomic mass is 9.95. The molecule has 0 saturated carbocycles. The van der Waals surface area contributed by atoms with Crippen LogP contribution in [0.1, 0.15) is 18.9 Å². The lowest BCUT2D eigenvalue weighted by molar-refractivity contribution is -0.119. The van der Waals surface area contributed by atoms with Gasteiger partial charge in [-0.25, -0.2) is 0 Å². The molecule has 2 unspecified atom stereocenters. The molecule has 112 valence electrons. The lowest BCUT2D eigenvalue weighted by Gasteiger charge is -2.30. The van der Waals surface area contributed by atoms with E-state index >= 15 is 0 Å². The van der Waals surface area contributed by atoms with Gasteiger partial charge in [0.15, 0.2) is 0 Å². The Morgan fingerprint density at radius 3 is 2.75 bits per heavy atom. The van der Waals surface area contributed by atoms with E-state index in [0.717, 1.165) is 24.4 Å². The number of amides is 1. The highest BCUT2D eigenvalue weighted by Crippen LogP contribution is 2.18. The number of carbonyl (C=O) groups is 1. The number of piperidine rings is 1. The second-order valence-electron chi connectivity index (χ2n) is 5.25. The standard InChI is InChI=1S/C15H22N2OS.ClH/c1-11-3-5-13(6-4-11)19-10-15(18)17-14-7-8-16-9-12(14)2;/h3-6,12,14,16H,7-10H2,1-2H3,(H,17,18);1H. The van der Waals surface area contributed by atoms with E-state index in [-0.39, 0.29) is 18.3 Å². The Morgan fingerprint density at radius 1 is 1.40 bits per heavy atom. The number of rotatable bonds is 4. The Hall–Kier alpha value is -0.710. The first kappa shape index (κ1) is 17.3. The molecule has 1 heterocycles. The normalized spacial score (nSPS) is 21.9. The maximum atomic E-state index is 11.9. The van der Waals surface area contributed by atoms with Crippen molar-refractivity contribution in [1.29, 1.82) is 0 Å². The topological polar surface area (TPSA) is 41.1 Å². The summed E-state index contributed by atoms with van der Waals surface area (Å²) < 4.78 is 0. The van der Waals surface area contributed by atoms with Crippen LogP contribution in [0.5, 0.6) is 0 Å². The van der Waals surface area contributed by atoms with Crippen molar-refractivity contribution in [1.82, 2.24) is 10.6 Å². The van der Waals surface area contributed by atoms with E-state index in [1.165, 1.54) is 5.56 Å². The van der Waals surface area contributed by atoms with Crippen LogP contribution in [0.2, 0.25) is 0 Å². The predicted molar refractivity (Wildman–Crippen MR) is 87.7 cm³/mol. The smallest absolute Gasteiger partial charge is 0.230 e. The van der Waals surface area contributed by atoms with Gasteiger partial charge in [0.25, 0.3) is 0 Å². The number of thioether (sulfide) groups is 1.